The molecule has 1 rings (SSSR count). The minimum absolute atomic E-state index is 0.754. The van der Waals surface area contributed by atoms with Gasteiger partial charge >= 0.3 is 0 Å². The Kier molecular flexibility index (Phi) is 3.98. The fourth-order valence-corrected chi connectivity index (χ4v) is 2.60. The highest BCUT2D eigenvalue weighted by atomic mass is 31.1. The Hall–Kier alpha value is -0.810. The van der Waals surface area contributed by atoms with E-state index >= 15 is 0 Å². The molecule has 0 radical (unpaired) electrons. The first-order chi connectivity index (χ1) is 6.20. The summed E-state index contributed by atoms with van der Waals surface area (Å²) in [7, 11) is -1.57. The zero-order chi connectivity index (χ0) is 9.68. The average Bonchev–Trinajstić information content (AvgIpc) is 2.15. The maximum absolute atomic E-state index is 11.7. The summed E-state index contributed by atoms with van der Waals surface area (Å²) in [5.41, 5.74) is 1.11. The molecule has 1 aromatic rings. The lowest BCUT2D eigenvalue weighted by molar-refractivity contribution is 0.592. The molecule has 0 fully saturated rings. The number of hydrogen-bond donors (Lipinski definition) is 0. The van der Waals surface area contributed by atoms with Crippen molar-refractivity contribution >= 4 is 13.1 Å². The molecule has 0 aliphatic heterocycles. The topological polar surface area (TPSA) is 17.1 Å². The lowest BCUT2D eigenvalue weighted by atomic mass is 10.3. The van der Waals surface area contributed by atoms with E-state index in [1.165, 1.54) is 0 Å². The maximum atomic E-state index is 11.7. The summed E-state index contributed by atoms with van der Waals surface area (Å²) >= 11 is 0. The van der Waals surface area contributed by atoms with Gasteiger partial charge in [0.1, 0.15) is 7.80 Å². The number of rotatable bonds is 4. The maximum Gasteiger partial charge on any atom is 0.104 e. The summed E-state index contributed by atoms with van der Waals surface area (Å²) in [6.45, 7) is 5.77. The molecule has 1 atom stereocenters. The molecule has 0 N–H and O–H groups in total. The molecule has 0 saturated heterocycles. The van der Waals surface area contributed by atoms with Crippen LogP contribution in [-0.2, 0) is 4.57 Å². The number of benzene rings is 1. The zero-order valence-electron chi connectivity index (χ0n) is 7.92. The molecule has 1 unspecified atom stereocenters. The Morgan fingerprint density at radius 2 is 2.00 bits per heavy atom. The van der Waals surface area contributed by atoms with Crippen LogP contribution in [0.1, 0.15) is 13.3 Å². The van der Waals surface area contributed by atoms with E-state index in [9.17, 15) is 4.57 Å². The summed E-state index contributed by atoms with van der Waals surface area (Å²) in [6, 6.07) is 9.66. The van der Waals surface area contributed by atoms with Gasteiger partial charge in [0.25, 0.3) is 0 Å². The van der Waals surface area contributed by atoms with E-state index in [2.05, 4.69) is 6.58 Å². The molecule has 70 valence electrons. The van der Waals surface area contributed by atoms with Crippen LogP contribution < -0.4 is 5.30 Å². The molecule has 2 heteroatoms. The SMILES string of the molecule is C=C(C)CC[PH](=O)c1ccccc1. The van der Waals surface area contributed by atoms with Crippen molar-refractivity contribution in [1.82, 2.24) is 0 Å². The third kappa shape index (κ3) is 3.61. The van der Waals surface area contributed by atoms with E-state index in [0.29, 0.717) is 0 Å². The van der Waals surface area contributed by atoms with Crippen LogP contribution in [0.3, 0.4) is 0 Å². The largest absolute Gasteiger partial charge is 0.322 e. The van der Waals surface area contributed by atoms with Crippen LogP contribution in [0.25, 0.3) is 0 Å². The third-order valence-corrected chi connectivity index (χ3v) is 3.56. The van der Waals surface area contributed by atoms with E-state index < -0.39 is 7.80 Å². The van der Waals surface area contributed by atoms with Crippen LogP contribution in [0.15, 0.2) is 42.5 Å². The zero-order valence-corrected chi connectivity index (χ0v) is 8.92. The molecule has 0 aromatic heterocycles. The van der Waals surface area contributed by atoms with Crippen molar-refractivity contribution in [2.75, 3.05) is 6.16 Å². The smallest absolute Gasteiger partial charge is 0.104 e. The molecule has 1 aromatic carbocycles. The van der Waals surface area contributed by atoms with Crippen LogP contribution in [0.2, 0.25) is 0 Å². The number of allylic oxidation sites excluding steroid dienone is 1. The van der Waals surface area contributed by atoms with Gasteiger partial charge in [-0.2, -0.15) is 0 Å². The first kappa shape index (κ1) is 10.3. The summed E-state index contributed by atoms with van der Waals surface area (Å²) in [6.07, 6.45) is 1.62. The summed E-state index contributed by atoms with van der Waals surface area (Å²) < 4.78 is 11.7. The molecule has 0 spiro atoms. The Balaban J connectivity index is 2.54. The fourth-order valence-electron chi connectivity index (χ4n) is 1.10. The first-order valence-electron chi connectivity index (χ1n) is 4.43. The molecule has 1 nitrogen and oxygen atoms in total. The first-order valence-corrected chi connectivity index (χ1v) is 6.04. The molecule has 0 bridgehead atoms. The van der Waals surface area contributed by atoms with Gasteiger partial charge in [-0.3, -0.25) is 0 Å². The lowest BCUT2D eigenvalue weighted by Gasteiger charge is -2.01. The van der Waals surface area contributed by atoms with E-state index in [4.69, 9.17) is 0 Å². The highest BCUT2D eigenvalue weighted by Crippen LogP contribution is 2.21. The number of hydrogen-bond acceptors (Lipinski definition) is 1. The Morgan fingerprint density at radius 1 is 1.38 bits per heavy atom. The monoisotopic (exact) mass is 194 g/mol. The van der Waals surface area contributed by atoms with Crippen LogP contribution in [0.4, 0.5) is 0 Å². The highest BCUT2D eigenvalue weighted by molar-refractivity contribution is 7.53. The van der Waals surface area contributed by atoms with Crippen molar-refractivity contribution in [3.8, 4) is 0 Å². The minimum Gasteiger partial charge on any atom is -0.322 e. The molecule has 0 aliphatic carbocycles. The van der Waals surface area contributed by atoms with Gasteiger partial charge in [0.05, 0.1) is 0 Å². The predicted octanol–water partition coefficient (Wildman–Crippen LogP) is 2.84. The van der Waals surface area contributed by atoms with Crippen molar-refractivity contribution in [2.24, 2.45) is 0 Å². The Bertz CT molecular complexity index is 303. The van der Waals surface area contributed by atoms with Crippen molar-refractivity contribution in [2.45, 2.75) is 13.3 Å². The summed E-state index contributed by atoms with van der Waals surface area (Å²) in [5.74, 6) is 0. The second-order valence-electron chi connectivity index (χ2n) is 3.25. The van der Waals surface area contributed by atoms with Gasteiger partial charge in [-0.15, -0.1) is 6.58 Å². The standard InChI is InChI=1S/C11H15OP/c1-10(2)8-9-13(12)11-6-4-3-5-7-11/h3-7,13H,1,8-9H2,2H3. The van der Waals surface area contributed by atoms with Gasteiger partial charge in [-0.05, 0) is 13.3 Å². The van der Waals surface area contributed by atoms with Gasteiger partial charge in [-0.1, -0.05) is 35.9 Å². The van der Waals surface area contributed by atoms with Crippen molar-refractivity contribution < 1.29 is 4.57 Å². The summed E-state index contributed by atoms with van der Waals surface area (Å²) in [5, 5.41) is 0.980. The molecule has 0 heterocycles. The highest BCUT2D eigenvalue weighted by Gasteiger charge is 2.01. The minimum atomic E-state index is -1.57. The van der Waals surface area contributed by atoms with Crippen LogP contribution in [-0.4, -0.2) is 6.16 Å². The van der Waals surface area contributed by atoms with Gasteiger partial charge in [0.15, 0.2) is 0 Å². The van der Waals surface area contributed by atoms with Crippen molar-refractivity contribution in [1.29, 1.82) is 0 Å². The van der Waals surface area contributed by atoms with E-state index in [0.717, 1.165) is 23.5 Å². The molecule has 0 aliphatic rings. The third-order valence-electron chi connectivity index (χ3n) is 1.87. The van der Waals surface area contributed by atoms with Crippen molar-refractivity contribution in [3.63, 3.8) is 0 Å². The van der Waals surface area contributed by atoms with Gasteiger partial charge in [0, 0.05) is 11.5 Å². The van der Waals surface area contributed by atoms with Crippen LogP contribution in [0, 0.1) is 0 Å². The second-order valence-corrected chi connectivity index (χ2v) is 5.17. The van der Waals surface area contributed by atoms with E-state index in [1.807, 2.05) is 37.3 Å². The van der Waals surface area contributed by atoms with Crippen LogP contribution >= 0.6 is 7.80 Å². The molecular weight excluding hydrogens is 179 g/mol. The normalized spacial score (nSPS) is 12.4. The van der Waals surface area contributed by atoms with Gasteiger partial charge in [-0.25, -0.2) is 0 Å². The van der Waals surface area contributed by atoms with Crippen molar-refractivity contribution in [3.05, 3.63) is 42.5 Å². The van der Waals surface area contributed by atoms with E-state index in [1.54, 1.807) is 0 Å². The molecule has 13 heavy (non-hydrogen) atoms. The Labute approximate surface area is 80.3 Å². The fraction of sp³-hybridized carbons (Fsp3) is 0.273. The predicted molar refractivity (Wildman–Crippen MR) is 59.4 cm³/mol. The lowest BCUT2D eigenvalue weighted by Crippen LogP contribution is -1.96. The molecule has 0 saturated carbocycles. The second kappa shape index (κ2) is 5.04. The van der Waals surface area contributed by atoms with Crippen LogP contribution in [0.5, 0.6) is 0 Å². The molecule has 0 amide bonds. The van der Waals surface area contributed by atoms with Gasteiger partial charge in [0.2, 0.25) is 0 Å². The molecular formula is C11H15OP. The summed E-state index contributed by atoms with van der Waals surface area (Å²) in [4.78, 5) is 0. The van der Waals surface area contributed by atoms with E-state index in [-0.39, 0.29) is 0 Å². The quantitative estimate of drug-likeness (QED) is 0.532. The Morgan fingerprint density at radius 3 is 2.54 bits per heavy atom. The average molecular weight is 194 g/mol. The van der Waals surface area contributed by atoms with Gasteiger partial charge < -0.3 is 4.57 Å².